The van der Waals surface area contributed by atoms with Crippen molar-refractivity contribution in [3.63, 3.8) is 0 Å². The lowest BCUT2D eigenvalue weighted by molar-refractivity contribution is 0.0778. The molecule has 2 aromatic rings. The van der Waals surface area contributed by atoms with Gasteiger partial charge in [-0.1, -0.05) is 6.07 Å². The molecule has 0 saturated heterocycles. The first-order chi connectivity index (χ1) is 8.58. The van der Waals surface area contributed by atoms with Crippen molar-refractivity contribution in [1.29, 1.82) is 0 Å². The summed E-state index contributed by atoms with van der Waals surface area (Å²) < 4.78 is 5.17. The number of hydrogen-bond acceptors (Lipinski definition) is 3. The Morgan fingerprint density at radius 3 is 2.78 bits per heavy atom. The number of aromatic nitrogens is 1. The van der Waals surface area contributed by atoms with E-state index < -0.39 is 0 Å². The SMILES string of the molecule is Cc1occc1CN(C)C(=O)c1cccc(=O)[nH]1. The average Bonchev–Trinajstić information content (AvgIpc) is 2.74. The van der Waals surface area contributed by atoms with Crippen molar-refractivity contribution in [2.75, 3.05) is 7.05 Å². The molecule has 18 heavy (non-hydrogen) atoms. The smallest absolute Gasteiger partial charge is 0.270 e. The highest BCUT2D eigenvalue weighted by molar-refractivity contribution is 5.91. The third kappa shape index (κ3) is 2.51. The molecule has 2 aromatic heterocycles. The third-order valence-corrected chi connectivity index (χ3v) is 2.72. The predicted molar refractivity (Wildman–Crippen MR) is 66.3 cm³/mol. The van der Waals surface area contributed by atoms with Gasteiger partial charge in [-0.05, 0) is 19.1 Å². The van der Waals surface area contributed by atoms with Crippen LogP contribution in [0.1, 0.15) is 21.8 Å². The van der Waals surface area contributed by atoms with E-state index in [1.165, 1.54) is 11.0 Å². The quantitative estimate of drug-likeness (QED) is 0.893. The van der Waals surface area contributed by atoms with E-state index >= 15 is 0 Å². The molecule has 0 bridgehead atoms. The fourth-order valence-electron chi connectivity index (χ4n) is 1.68. The number of aryl methyl sites for hydroxylation is 1. The van der Waals surface area contributed by atoms with Crippen molar-refractivity contribution in [1.82, 2.24) is 9.88 Å². The lowest BCUT2D eigenvalue weighted by atomic mass is 10.2. The zero-order chi connectivity index (χ0) is 13.1. The minimum Gasteiger partial charge on any atom is -0.469 e. The molecule has 0 radical (unpaired) electrons. The van der Waals surface area contributed by atoms with Gasteiger partial charge in [-0.3, -0.25) is 9.59 Å². The molecule has 0 aromatic carbocycles. The summed E-state index contributed by atoms with van der Waals surface area (Å²) in [5.41, 5.74) is 0.948. The normalized spacial score (nSPS) is 10.3. The van der Waals surface area contributed by atoms with E-state index in [1.807, 2.05) is 13.0 Å². The second-order valence-corrected chi connectivity index (χ2v) is 4.09. The summed E-state index contributed by atoms with van der Waals surface area (Å²) in [7, 11) is 1.68. The van der Waals surface area contributed by atoms with Crippen LogP contribution in [0, 0.1) is 6.92 Å². The number of rotatable bonds is 3. The van der Waals surface area contributed by atoms with Gasteiger partial charge in [0.2, 0.25) is 5.56 Å². The number of carbonyl (C=O) groups is 1. The minimum absolute atomic E-state index is 0.228. The maximum atomic E-state index is 12.1. The van der Waals surface area contributed by atoms with Gasteiger partial charge >= 0.3 is 0 Å². The molecule has 0 aliphatic heterocycles. The molecule has 0 spiro atoms. The van der Waals surface area contributed by atoms with Crippen molar-refractivity contribution in [2.24, 2.45) is 0 Å². The molecule has 0 fully saturated rings. The number of amides is 1. The van der Waals surface area contributed by atoms with Gasteiger partial charge in [0.1, 0.15) is 11.5 Å². The van der Waals surface area contributed by atoms with Crippen LogP contribution in [0.3, 0.4) is 0 Å². The molecular weight excluding hydrogens is 232 g/mol. The maximum Gasteiger partial charge on any atom is 0.270 e. The zero-order valence-electron chi connectivity index (χ0n) is 10.3. The third-order valence-electron chi connectivity index (χ3n) is 2.72. The molecule has 2 rings (SSSR count). The van der Waals surface area contributed by atoms with Crippen LogP contribution >= 0.6 is 0 Å². The van der Waals surface area contributed by atoms with E-state index in [2.05, 4.69) is 4.98 Å². The molecule has 94 valence electrons. The number of furan rings is 1. The Morgan fingerprint density at radius 2 is 2.17 bits per heavy atom. The Labute approximate surface area is 104 Å². The van der Waals surface area contributed by atoms with Gasteiger partial charge in [-0.25, -0.2) is 0 Å². The first-order valence-electron chi connectivity index (χ1n) is 5.55. The van der Waals surface area contributed by atoms with Gasteiger partial charge in [-0.15, -0.1) is 0 Å². The second kappa shape index (κ2) is 4.91. The highest BCUT2D eigenvalue weighted by atomic mass is 16.3. The van der Waals surface area contributed by atoms with Crippen LogP contribution in [0.2, 0.25) is 0 Å². The first kappa shape index (κ1) is 12.2. The predicted octanol–water partition coefficient (Wildman–Crippen LogP) is 1.55. The van der Waals surface area contributed by atoms with Crippen molar-refractivity contribution in [3.05, 3.63) is 57.9 Å². The van der Waals surface area contributed by atoms with Gasteiger partial charge in [0.15, 0.2) is 0 Å². The summed E-state index contributed by atoms with van der Waals surface area (Å²) >= 11 is 0. The van der Waals surface area contributed by atoms with Crippen LogP contribution in [-0.4, -0.2) is 22.8 Å². The topological polar surface area (TPSA) is 66.3 Å². The number of pyridine rings is 1. The van der Waals surface area contributed by atoms with E-state index in [9.17, 15) is 9.59 Å². The first-order valence-corrected chi connectivity index (χ1v) is 5.55. The Kier molecular flexibility index (Phi) is 3.32. The molecule has 0 saturated carbocycles. The largest absolute Gasteiger partial charge is 0.469 e. The molecule has 0 unspecified atom stereocenters. The summed E-state index contributed by atoms with van der Waals surface area (Å²) in [5.74, 6) is 0.560. The summed E-state index contributed by atoms with van der Waals surface area (Å²) in [5, 5.41) is 0. The van der Waals surface area contributed by atoms with E-state index in [1.54, 1.807) is 25.4 Å². The standard InChI is InChI=1S/C13H14N2O3/c1-9-10(6-7-18-9)8-15(2)13(17)11-4-3-5-12(16)14-11/h3-7H,8H2,1-2H3,(H,14,16). The summed E-state index contributed by atoms with van der Waals surface area (Å²) in [4.78, 5) is 27.2. The van der Waals surface area contributed by atoms with Crippen LogP contribution in [0.5, 0.6) is 0 Å². The van der Waals surface area contributed by atoms with Crippen LogP contribution in [-0.2, 0) is 6.54 Å². The number of aromatic amines is 1. The summed E-state index contributed by atoms with van der Waals surface area (Å²) in [6.45, 7) is 2.29. The molecule has 0 atom stereocenters. The monoisotopic (exact) mass is 246 g/mol. The fraction of sp³-hybridized carbons (Fsp3) is 0.231. The summed E-state index contributed by atoms with van der Waals surface area (Å²) in [6.07, 6.45) is 1.59. The Morgan fingerprint density at radius 1 is 1.39 bits per heavy atom. The fourth-order valence-corrected chi connectivity index (χ4v) is 1.68. The van der Waals surface area contributed by atoms with Crippen molar-refractivity contribution < 1.29 is 9.21 Å². The van der Waals surface area contributed by atoms with Crippen LogP contribution < -0.4 is 5.56 Å². The number of nitrogens with one attached hydrogen (secondary N) is 1. The van der Waals surface area contributed by atoms with Crippen molar-refractivity contribution in [3.8, 4) is 0 Å². The molecule has 1 N–H and O–H groups in total. The molecule has 5 heteroatoms. The minimum atomic E-state index is -0.284. The highest BCUT2D eigenvalue weighted by Gasteiger charge is 2.14. The molecular formula is C13H14N2O3. The molecule has 0 aliphatic rings. The molecule has 5 nitrogen and oxygen atoms in total. The van der Waals surface area contributed by atoms with E-state index in [-0.39, 0.29) is 17.2 Å². The van der Waals surface area contributed by atoms with E-state index in [0.717, 1.165) is 11.3 Å². The maximum absolute atomic E-state index is 12.1. The van der Waals surface area contributed by atoms with Crippen LogP contribution in [0.4, 0.5) is 0 Å². The number of H-pyrrole nitrogens is 1. The van der Waals surface area contributed by atoms with E-state index in [0.29, 0.717) is 6.54 Å². The summed E-state index contributed by atoms with van der Waals surface area (Å²) in [6, 6.07) is 6.34. The second-order valence-electron chi connectivity index (χ2n) is 4.09. The zero-order valence-corrected chi connectivity index (χ0v) is 10.3. The lowest BCUT2D eigenvalue weighted by Gasteiger charge is -2.16. The number of carbonyl (C=O) groups excluding carboxylic acids is 1. The van der Waals surface area contributed by atoms with Crippen LogP contribution in [0.25, 0.3) is 0 Å². The van der Waals surface area contributed by atoms with Crippen molar-refractivity contribution in [2.45, 2.75) is 13.5 Å². The van der Waals surface area contributed by atoms with Gasteiger partial charge < -0.3 is 14.3 Å². The molecule has 0 aliphatic carbocycles. The Hall–Kier alpha value is -2.30. The molecule has 2 heterocycles. The van der Waals surface area contributed by atoms with Gasteiger partial charge in [0.05, 0.1) is 6.26 Å². The molecule has 1 amide bonds. The Balaban J connectivity index is 2.14. The average molecular weight is 246 g/mol. The van der Waals surface area contributed by atoms with Gasteiger partial charge in [0.25, 0.3) is 5.91 Å². The number of hydrogen-bond donors (Lipinski definition) is 1. The van der Waals surface area contributed by atoms with Crippen LogP contribution in [0.15, 0.2) is 39.7 Å². The Bertz CT molecular complexity index is 612. The van der Waals surface area contributed by atoms with Crippen molar-refractivity contribution >= 4 is 5.91 Å². The lowest BCUT2D eigenvalue weighted by Crippen LogP contribution is -2.28. The van der Waals surface area contributed by atoms with Gasteiger partial charge in [0, 0.05) is 25.2 Å². The van der Waals surface area contributed by atoms with Gasteiger partial charge in [-0.2, -0.15) is 0 Å². The number of nitrogens with zero attached hydrogens (tertiary/aromatic N) is 1. The van der Waals surface area contributed by atoms with E-state index in [4.69, 9.17) is 4.42 Å². The highest BCUT2D eigenvalue weighted by Crippen LogP contribution is 2.12.